The van der Waals surface area contributed by atoms with E-state index in [9.17, 15) is 4.79 Å². The fraction of sp³-hybridized carbons (Fsp3) is 0.0769. The van der Waals surface area contributed by atoms with E-state index >= 15 is 0 Å². The van der Waals surface area contributed by atoms with Crippen molar-refractivity contribution < 1.29 is 4.79 Å². The smallest absolute Gasteiger partial charge is 0.253 e. The Balaban J connectivity index is 1.99. The minimum Gasteiger partial charge on any atom is -0.365 e. The molecule has 1 amide bonds. The van der Waals surface area contributed by atoms with Gasteiger partial charge < -0.3 is 11.1 Å². The van der Waals surface area contributed by atoms with E-state index in [0.29, 0.717) is 22.1 Å². The average Bonchev–Trinajstić information content (AvgIpc) is 2.79. The first kappa shape index (κ1) is 12.5. The Morgan fingerprint density at radius 2 is 2.05 bits per heavy atom. The molecule has 1 aromatic carbocycles. The van der Waals surface area contributed by atoms with Crippen molar-refractivity contribution in [1.82, 2.24) is 14.3 Å². The largest absolute Gasteiger partial charge is 0.365 e. The van der Waals surface area contributed by atoms with E-state index in [0.717, 1.165) is 11.0 Å². The molecular formula is C13H11N5OS. The van der Waals surface area contributed by atoms with Crippen LogP contribution in [0, 0.1) is 6.92 Å². The van der Waals surface area contributed by atoms with E-state index in [4.69, 9.17) is 5.73 Å². The summed E-state index contributed by atoms with van der Waals surface area (Å²) in [7, 11) is 0. The first-order chi connectivity index (χ1) is 9.65. The Bertz CT molecular complexity index is 798. The fourth-order valence-corrected chi connectivity index (χ4v) is 2.69. The predicted molar refractivity (Wildman–Crippen MR) is 78.2 cm³/mol. The topological polar surface area (TPSA) is 93.8 Å². The van der Waals surface area contributed by atoms with Crippen LogP contribution in [0.2, 0.25) is 0 Å². The quantitative estimate of drug-likeness (QED) is 0.769. The molecular weight excluding hydrogens is 274 g/mol. The van der Waals surface area contributed by atoms with Crippen LogP contribution in [0.5, 0.6) is 0 Å². The Morgan fingerprint density at radius 3 is 2.80 bits per heavy atom. The summed E-state index contributed by atoms with van der Waals surface area (Å²) in [5.74, 6) is 0.0438. The first-order valence-corrected chi connectivity index (χ1v) is 6.67. The number of rotatable bonds is 3. The van der Waals surface area contributed by atoms with E-state index < -0.39 is 5.91 Å². The molecule has 0 fully saturated rings. The summed E-state index contributed by atoms with van der Waals surface area (Å²) in [5, 5.41) is 3.63. The molecule has 0 atom stereocenters. The summed E-state index contributed by atoms with van der Waals surface area (Å²) in [6.07, 6.45) is 1.61. The van der Waals surface area contributed by atoms with Gasteiger partial charge in [-0.15, -0.1) is 0 Å². The summed E-state index contributed by atoms with van der Waals surface area (Å²) >= 11 is 1.18. The molecule has 0 aliphatic heterocycles. The van der Waals surface area contributed by atoms with Crippen LogP contribution in [0.1, 0.15) is 16.1 Å². The highest BCUT2D eigenvalue weighted by Gasteiger charge is 2.16. The van der Waals surface area contributed by atoms with Crippen molar-refractivity contribution in [3.63, 3.8) is 0 Å². The van der Waals surface area contributed by atoms with Crippen molar-refractivity contribution in [3.05, 3.63) is 41.7 Å². The third-order valence-electron chi connectivity index (χ3n) is 2.80. The number of aryl methyl sites for hydroxylation is 1. The van der Waals surface area contributed by atoms with Crippen molar-refractivity contribution in [1.29, 1.82) is 0 Å². The van der Waals surface area contributed by atoms with Crippen LogP contribution < -0.4 is 11.1 Å². The number of carbonyl (C=O) groups excluding carboxylic acids is 1. The number of fused-ring (bicyclic) bond motifs is 1. The number of primary amides is 1. The highest BCUT2D eigenvalue weighted by atomic mass is 32.1. The van der Waals surface area contributed by atoms with Crippen LogP contribution in [0.3, 0.4) is 0 Å². The van der Waals surface area contributed by atoms with Crippen LogP contribution in [-0.4, -0.2) is 20.2 Å². The number of hydrogen-bond donors (Lipinski definition) is 2. The maximum atomic E-state index is 11.4. The summed E-state index contributed by atoms with van der Waals surface area (Å²) in [6, 6.07) is 7.56. The molecule has 0 unspecified atom stereocenters. The SMILES string of the molecule is Cc1nsc(Nc2cnc3ccccc3n2)c1C(N)=O. The maximum absolute atomic E-state index is 11.4. The Morgan fingerprint density at radius 1 is 1.30 bits per heavy atom. The zero-order chi connectivity index (χ0) is 14.1. The standard InChI is InChI=1S/C13H11N5OS/c1-7-11(12(14)19)13(20-18-7)17-10-6-15-8-4-2-3-5-9(8)16-10/h2-6H,1H3,(H2,14,19)(H,16,17). The first-order valence-electron chi connectivity index (χ1n) is 5.90. The van der Waals surface area contributed by atoms with Gasteiger partial charge in [-0.25, -0.2) is 4.98 Å². The minimum absolute atomic E-state index is 0.393. The van der Waals surface area contributed by atoms with Crippen LogP contribution in [0.4, 0.5) is 10.8 Å². The molecule has 0 bridgehead atoms. The second-order valence-corrected chi connectivity index (χ2v) is 4.98. The van der Waals surface area contributed by atoms with Gasteiger partial charge in [0.15, 0.2) is 0 Å². The average molecular weight is 285 g/mol. The molecule has 0 aliphatic rings. The van der Waals surface area contributed by atoms with Crippen LogP contribution in [-0.2, 0) is 0 Å². The molecule has 3 aromatic rings. The van der Waals surface area contributed by atoms with Crippen molar-refractivity contribution in [3.8, 4) is 0 Å². The normalized spacial score (nSPS) is 10.7. The Kier molecular flexibility index (Phi) is 3.03. The van der Waals surface area contributed by atoms with Gasteiger partial charge in [0.1, 0.15) is 10.8 Å². The van der Waals surface area contributed by atoms with Gasteiger partial charge in [0.2, 0.25) is 0 Å². The molecule has 0 saturated carbocycles. The van der Waals surface area contributed by atoms with Crippen molar-refractivity contribution in [2.24, 2.45) is 5.73 Å². The number of benzene rings is 1. The number of aromatic nitrogens is 3. The van der Waals surface area contributed by atoms with Gasteiger partial charge in [0.05, 0.1) is 28.5 Å². The number of nitrogens with one attached hydrogen (secondary N) is 1. The van der Waals surface area contributed by atoms with Gasteiger partial charge in [-0.3, -0.25) is 9.78 Å². The number of amides is 1. The highest BCUT2D eigenvalue weighted by molar-refractivity contribution is 7.10. The summed E-state index contributed by atoms with van der Waals surface area (Å²) < 4.78 is 4.13. The molecule has 20 heavy (non-hydrogen) atoms. The van der Waals surface area contributed by atoms with E-state index in [1.165, 1.54) is 11.5 Å². The molecule has 0 radical (unpaired) electrons. The fourth-order valence-electron chi connectivity index (χ4n) is 1.88. The van der Waals surface area contributed by atoms with Crippen LogP contribution in [0.15, 0.2) is 30.5 Å². The van der Waals surface area contributed by atoms with Gasteiger partial charge in [-0.05, 0) is 30.6 Å². The Labute approximate surface area is 118 Å². The van der Waals surface area contributed by atoms with Gasteiger partial charge in [0, 0.05) is 0 Å². The van der Waals surface area contributed by atoms with E-state index in [1.54, 1.807) is 13.1 Å². The Hall–Kier alpha value is -2.54. The molecule has 2 heterocycles. The predicted octanol–water partition coefficient (Wildman–Crippen LogP) is 2.24. The van der Waals surface area contributed by atoms with Crippen molar-refractivity contribution in [2.45, 2.75) is 6.92 Å². The summed E-state index contributed by atoms with van der Waals surface area (Å²) in [4.78, 5) is 20.2. The lowest BCUT2D eigenvalue weighted by Crippen LogP contribution is -2.13. The van der Waals surface area contributed by atoms with Gasteiger partial charge >= 0.3 is 0 Å². The van der Waals surface area contributed by atoms with Gasteiger partial charge in [-0.2, -0.15) is 4.37 Å². The van der Waals surface area contributed by atoms with E-state index in [-0.39, 0.29) is 0 Å². The summed E-state index contributed by atoms with van der Waals surface area (Å²) in [5.41, 5.74) is 7.95. The number of carbonyl (C=O) groups is 1. The molecule has 6 nitrogen and oxygen atoms in total. The van der Waals surface area contributed by atoms with Gasteiger partial charge in [-0.1, -0.05) is 12.1 Å². The van der Waals surface area contributed by atoms with Crippen molar-refractivity contribution >= 4 is 39.3 Å². The molecule has 2 aromatic heterocycles. The zero-order valence-corrected chi connectivity index (χ0v) is 11.4. The number of anilines is 2. The molecule has 7 heteroatoms. The molecule has 3 rings (SSSR count). The number of nitrogens with zero attached hydrogens (tertiary/aromatic N) is 3. The van der Waals surface area contributed by atoms with Gasteiger partial charge in [0.25, 0.3) is 5.91 Å². The lowest BCUT2D eigenvalue weighted by molar-refractivity contribution is 0.100. The number of hydrogen-bond acceptors (Lipinski definition) is 6. The van der Waals surface area contributed by atoms with E-state index in [2.05, 4.69) is 19.7 Å². The molecule has 0 saturated heterocycles. The van der Waals surface area contributed by atoms with E-state index in [1.807, 2.05) is 24.3 Å². The molecule has 100 valence electrons. The number of nitrogens with two attached hydrogens (primary N) is 1. The highest BCUT2D eigenvalue weighted by Crippen LogP contribution is 2.27. The number of para-hydroxylation sites is 2. The lowest BCUT2D eigenvalue weighted by Gasteiger charge is -2.05. The lowest BCUT2D eigenvalue weighted by atomic mass is 10.2. The van der Waals surface area contributed by atoms with Crippen LogP contribution in [0.25, 0.3) is 11.0 Å². The van der Waals surface area contributed by atoms with Crippen molar-refractivity contribution in [2.75, 3.05) is 5.32 Å². The zero-order valence-electron chi connectivity index (χ0n) is 10.6. The second-order valence-electron chi connectivity index (χ2n) is 4.21. The molecule has 0 spiro atoms. The second kappa shape index (κ2) is 4.86. The monoisotopic (exact) mass is 285 g/mol. The third-order valence-corrected chi connectivity index (χ3v) is 3.65. The third kappa shape index (κ3) is 2.19. The summed E-state index contributed by atoms with van der Waals surface area (Å²) in [6.45, 7) is 1.74. The molecule has 0 aliphatic carbocycles. The minimum atomic E-state index is -0.507. The van der Waals surface area contributed by atoms with Crippen LogP contribution >= 0.6 is 11.5 Å². The maximum Gasteiger partial charge on any atom is 0.253 e. The molecule has 3 N–H and O–H groups in total.